The van der Waals surface area contributed by atoms with Crippen molar-refractivity contribution in [3.8, 4) is 0 Å². The van der Waals surface area contributed by atoms with Crippen LogP contribution >= 0.6 is 0 Å². The van der Waals surface area contributed by atoms with E-state index >= 15 is 0 Å². The average molecular weight is 692 g/mol. The van der Waals surface area contributed by atoms with Crippen LogP contribution in [0, 0.1) is 0 Å². The molecule has 2 nitrogen and oxygen atoms in total. The monoisotopic (exact) mass is 694 g/mol. The molecule has 4 aromatic carbocycles. The third-order valence-corrected chi connectivity index (χ3v) is 11.4. The van der Waals surface area contributed by atoms with Crippen molar-refractivity contribution in [2.24, 2.45) is 0 Å². The van der Waals surface area contributed by atoms with Gasteiger partial charge in [-0.25, -0.2) is 0 Å². The molecule has 4 rings (SSSR count). The van der Waals surface area contributed by atoms with E-state index in [4.69, 9.17) is 6.15 Å². The molecule has 186 valence electrons. The molecular formula is C32H38O2Sn2. The first-order chi connectivity index (χ1) is 17.1. The molecule has 0 amide bonds. The fourth-order valence-electron chi connectivity index (χ4n) is 5.14. The molecule has 0 saturated heterocycles. The van der Waals surface area contributed by atoms with Crippen LogP contribution in [-0.4, -0.2) is 37.6 Å². The number of rotatable bonds is 9. The molecule has 0 atom stereocenters. The second-order valence-corrected chi connectivity index (χ2v) is 36.5. The van der Waals surface area contributed by atoms with Crippen LogP contribution in [0.25, 0.3) is 0 Å². The standard InChI is InChI=1S/C26H20O2.6CH3.2Sn/c27-25(21-13-5-1-6-14-21,22-15-7-2-8-16-22)26(28,23-17-9-3-10-18-23)24-19-11-4-12-20-24;;;;;;;;/h1-20H;6*1H3;;/q-2;;;;;;;2*+1. The van der Waals surface area contributed by atoms with Crippen molar-refractivity contribution in [3.05, 3.63) is 144 Å². The molecule has 4 heteroatoms. The Hall–Kier alpha value is -1.60. The van der Waals surface area contributed by atoms with Gasteiger partial charge in [0.15, 0.2) is 0 Å². The van der Waals surface area contributed by atoms with Gasteiger partial charge in [0.25, 0.3) is 0 Å². The summed E-state index contributed by atoms with van der Waals surface area (Å²) < 4.78 is 15.3. The van der Waals surface area contributed by atoms with Gasteiger partial charge in [-0.3, -0.25) is 0 Å². The molecule has 0 radical (unpaired) electrons. The van der Waals surface area contributed by atoms with Gasteiger partial charge in [-0.1, -0.05) is 0 Å². The van der Waals surface area contributed by atoms with Gasteiger partial charge in [0.2, 0.25) is 0 Å². The Morgan fingerprint density at radius 1 is 0.361 bits per heavy atom. The number of benzene rings is 4. The van der Waals surface area contributed by atoms with E-state index in [0.717, 1.165) is 22.3 Å². The average Bonchev–Trinajstić information content (AvgIpc) is 2.87. The van der Waals surface area contributed by atoms with Crippen LogP contribution in [0.3, 0.4) is 0 Å². The van der Waals surface area contributed by atoms with E-state index in [1.54, 1.807) is 0 Å². The zero-order chi connectivity index (χ0) is 25.9. The normalized spacial score (nSPS) is 12.9. The third kappa shape index (κ3) is 5.62. The molecule has 0 bridgehead atoms. The summed E-state index contributed by atoms with van der Waals surface area (Å²) in [5.41, 5.74) is 2.71. The van der Waals surface area contributed by atoms with Crippen molar-refractivity contribution >= 4 is 37.6 Å². The summed E-state index contributed by atoms with van der Waals surface area (Å²) in [7, 11) is 0. The van der Waals surface area contributed by atoms with Crippen LogP contribution in [0.5, 0.6) is 0 Å². The molecule has 0 spiro atoms. The summed E-state index contributed by atoms with van der Waals surface area (Å²) in [5.74, 6) is 0. The van der Waals surface area contributed by atoms with Gasteiger partial charge in [-0.2, -0.15) is 0 Å². The Kier molecular flexibility index (Phi) is 8.40. The van der Waals surface area contributed by atoms with Crippen molar-refractivity contribution < 1.29 is 6.15 Å². The molecule has 0 unspecified atom stereocenters. The summed E-state index contributed by atoms with van der Waals surface area (Å²) >= 11 is -6.06. The minimum atomic E-state index is -3.03. The van der Waals surface area contributed by atoms with Crippen LogP contribution in [0.2, 0.25) is 29.6 Å². The molecule has 4 aromatic rings. The fraction of sp³-hybridized carbons (Fsp3) is 0.250. The topological polar surface area (TPSA) is 18.5 Å². The quantitative estimate of drug-likeness (QED) is 0.164. The van der Waals surface area contributed by atoms with Crippen molar-refractivity contribution in [2.75, 3.05) is 0 Å². The zero-order valence-electron chi connectivity index (χ0n) is 22.4. The Morgan fingerprint density at radius 2 is 0.556 bits per heavy atom. The molecule has 0 aliphatic rings. The van der Waals surface area contributed by atoms with Gasteiger partial charge in [-0.15, -0.1) is 0 Å². The molecular weight excluding hydrogens is 654 g/mol. The van der Waals surface area contributed by atoms with Gasteiger partial charge in [0.05, 0.1) is 0 Å². The Bertz CT molecular complexity index is 1050. The maximum atomic E-state index is 7.64. The van der Waals surface area contributed by atoms with E-state index in [0.29, 0.717) is 0 Å². The summed E-state index contributed by atoms with van der Waals surface area (Å²) in [5, 5.41) is 0. The minimum absolute atomic E-state index is 0.878. The summed E-state index contributed by atoms with van der Waals surface area (Å²) in [6.45, 7) is 0. The van der Waals surface area contributed by atoms with E-state index < -0.39 is 48.8 Å². The summed E-state index contributed by atoms with van der Waals surface area (Å²) in [4.78, 5) is 14.1. The molecule has 0 heterocycles. The van der Waals surface area contributed by atoms with Gasteiger partial charge < -0.3 is 0 Å². The van der Waals surface area contributed by atoms with Crippen LogP contribution in [0.15, 0.2) is 121 Å². The van der Waals surface area contributed by atoms with Crippen LogP contribution in [0.1, 0.15) is 22.3 Å². The Morgan fingerprint density at radius 3 is 0.722 bits per heavy atom. The van der Waals surface area contributed by atoms with Gasteiger partial charge in [0.1, 0.15) is 0 Å². The summed E-state index contributed by atoms with van der Waals surface area (Å²) in [6.07, 6.45) is 0. The van der Waals surface area contributed by atoms with Gasteiger partial charge in [0, 0.05) is 0 Å². The maximum absolute atomic E-state index is 7.64. The van der Waals surface area contributed by atoms with E-state index in [9.17, 15) is 0 Å². The second-order valence-electron chi connectivity index (χ2n) is 11.3. The third-order valence-electron chi connectivity index (χ3n) is 6.14. The van der Waals surface area contributed by atoms with Gasteiger partial charge in [-0.05, 0) is 0 Å². The molecule has 0 fully saturated rings. The van der Waals surface area contributed by atoms with E-state index in [1.807, 2.05) is 0 Å². The SMILES string of the molecule is [CH3][Sn]([CH3])([CH3])[O]C(c1ccccc1)(c1ccccc1)C([O][Sn]([CH3])([CH3])[CH3])(c1ccccc1)c1ccccc1. The molecule has 0 saturated carbocycles. The molecule has 36 heavy (non-hydrogen) atoms. The first-order valence-electron chi connectivity index (χ1n) is 12.7. The zero-order valence-corrected chi connectivity index (χ0v) is 28.1. The molecule has 0 aliphatic heterocycles. The van der Waals surface area contributed by atoms with Crippen molar-refractivity contribution in [1.82, 2.24) is 0 Å². The first-order valence-corrected chi connectivity index (χ1v) is 32.2. The van der Waals surface area contributed by atoms with Crippen LogP contribution in [0.4, 0.5) is 0 Å². The first kappa shape index (κ1) is 27.4. The molecule has 0 N–H and O–H groups in total. The van der Waals surface area contributed by atoms with Crippen LogP contribution < -0.4 is 0 Å². The Labute approximate surface area is 226 Å². The number of hydrogen-bond donors (Lipinski definition) is 0. The van der Waals surface area contributed by atoms with E-state index in [1.165, 1.54) is 0 Å². The van der Waals surface area contributed by atoms with Crippen molar-refractivity contribution in [3.63, 3.8) is 0 Å². The van der Waals surface area contributed by atoms with E-state index in [-0.39, 0.29) is 0 Å². The van der Waals surface area contributed by atoms with Crippen molar-refractivity contribution in [2.45, 2.75) is 40.8 Å². The fourth-order valence-corrected chi connectivity index (χ4v) is 12.5. The predicted molar refractivity (Wildman–Crippen MR) is 156 cm³/mol. The Balaban J connectivity index is 2.28. The molecule has 0 aliphatic carbocycles. The van der Waals surface area contributed by atoms with Crippen molar-refractivity contribution in [1.29, 1.82) is 0 Å². The van der Waals surface area contributed by atoms with Gasteiger partial charge >= 0.3 is 228 Å². The summed E-state index contributed by atoms with van der Waals surface area (Å²) in [6, 6.07) is 43.0. The second kappa shape index (κ2) is 11.0. The predicted octanol–water partition coefficient (Wildman–Crippen LogP) is 8.58. The molecule has 0 aromatic heterocycles. The van der Waals surface area contributed by atoms with Crippen LogP contribution in [-0.2, 0) is 17.4 Å². The number of hydrogen-bond acceptors (Lipinski definition) is 2. The van der Waals surface area contributed by atoms with E-state index in [2.05, 4.69) is 151 Å².